The molecule has 0 radical (unpaired) electrons. The van der Waals surface area contributed by atoms with Crippen LogP contribution in [0.4, 0.5) is 0 Å². The topological polar surface area (TPSA) is 112 Å². The van der Waals surface area contributed by atoms with Gasteiger partial charge in [-0.2, -0.15) is 0 Å². The van der Waals surface area contributed by atoms with Crippen molar-refractivity contribution in [2.45, 2.75) is 18.9 Å². The van der Waals surface area contributed by atoms with E-state index in [1.54, 1.807) is 36.7 Å². The highest BCUT2D eigenvalue weighted by Crippen LogP contribution is 2.11. The standard InChI is InChI=1S/C16H17N3O4/c20-13(11-5-8-17-9-6-11)10-19-14(21)4-3-12-2-1-7-18-15(12)16(22)23/h1-2,5-9,13,20H,3-4,10H2,(H,19,21)(H,22,23). The highest BCUT2D eigenvalue weighted by atomic mass is 16.4. The van der Waals surface area contributed by atoms with E-state index in [1.807, 2.05) is 0 Å². The highest BCUT2D eigenvalue weighted by Gasteiger charge is 2.13. The summed E-state index contributed by atoms with van der Waals surface area (Å²) in [5.41, 5.74) is 1.13. The second-order valence-corrected chi connectivity index (χ2v) is 4.92. The number of nitrogens with one attached hydrogen (secondary N) is 1. The minimum atomic E-state index is -1.12. The van der Waals surface area contributed by atoms with Gasteiger partial charge in [0.2, 0.25) is 5.91 Å². The fourth-order valence-corrected chi connectivity index (χ4v) is 2.08. The van der Waals surface area contributed by atoms with E-state index in [0.717, 1.165) is 0 Å². The van der Waals surface area contributed by atoms with E-state index in [-0.39, 0.29) is 31.0 Å². The van der Waals surface area contributed by atoms with Gasteiger partial charge < -0.3 is 15.5 Å². The maximum absolute atomic E-state index is 11.8. The van der Waals surface area contributed by atoms with Crippen LogP contribution in [-0.4, -0.2) is 38.6 Å². The van der Waals surface area contributed by atoms with Crippen molar-refractivity contribution in [1.82, 2.24) is 15.3 Å². The van der Waals surface area contributed by atoms with Crippen molar-refractivity contribution in [3.8, 4) is 0 Å². The Balaban J connectivity index is 1.83. The lowest BCUT2D eigenvalue weighted by Gasteiger charge is -2.12. The van der Waals surface area contributed by atoms with Crippen LogP contribution in [0.1, 0.15) is 34.1 Å². The van der Waals surface area contributed by atoms with Gasteiger partial charge >= 0.3 is 5.97 Å². The number of pyridine rings is 2. The van der Waals surface area contributed by atoms with Gasteiger partial charge in [0.25, 0.3) is 0 Å². The predicted molar refractivity (Wildman–Crippen MR) is 81.7 cm³/mol. The molecule has 7 nitrogen and oxygen atoms in total. The first-order chi connectivity index (χ1) is 11.1. The average Bonchev–Trinajstić information content (AvgIpc) is 2.58. The van der Waals surface area contributed by atoms with Crippen molar-refractivity contribution in [2.24, 2.45) is 0 Å². The first kappa shape index (κ1) is 16.6. The minimum absolute atomic E-state index is 0.0443. The molecule has 0 aliphatic heterocycles. The van der Waals surface area contributed by atoms with E-state index < -0.39 is 12.1 Å². The van der Waals surface area contributed by atoms with Crippen LogP contribution in [-0.2, 0) is 11.2 Å². The third-order valence-corrected chi connectivity index (χ3v) is 3.30. The summed E-state index contributed by atoms with van der Waals surface area (Å²) in [6.07, 6.45) is 4.11. The summed E-state index contributed by atoms with van der Waals surface area (Å²) in [4.78, 5) is 30.5. The molecule has 0 saturated carbocycles. The summed E-state index contributed by atoms with van der Waals surface area (Å²) in [6, 6.07) is 6.61. The number of carboxylic acids is 1. The first-order valence-corrected chi connectivity index (χ1v) is 7.10. The van der Waals surface area contributed by atoms with Crippen molar-refractivity contribution in [3.05, 3.63) is 59.7 Å². The number of carbonyl (C=O) groups excluding carboxylic acids is 1. The number of hydrogen-bond donors (Lipinski definition) is 3. The molecular weight excluding hydrogens is 298 g/mol. The summed E-state index contributed by atoms with van der Waals surface area (Å²) < 4.78 is 0. The molecule has 2 aromatic heterocycles. The quantitative estimate of drug-likeness (QED) is 0.701. The van der Waals surface area contributed by atoms with Crippen molar-refractivity contribution < 1.29 is 19.8 Å². The zero-order chi connectivity index (χ0) is 16.7. The van der Waals surface area contributed by atoms with Crippen LogP contribution >= 0.6 is 0 Å². The Kier molecular flexibility index (Phi) is 5.76. The van der Waals surface area contributed by atoms with Gasteiger partial charge in [0, 0.05) is 31.6 Å². The van der Waals surface area contributed by atoms with Crippen LogP contribution in [0, 0.1) is 0 Å². The summed E-state index contributed by atoms with van der Waals surface area (Å²) in [6.45, 7) is 0.0850. The number of aryl methyl sites for hydroxylation is 1. The maximum atomic E-state index is 11.8. The number of carbonyl (C=O) groups is 2. The summed E-state index contributed by atoms with van der Waals surface area (Å²) >= 11 is 0. The summed E-state index contributed by atoms with van der Waals surface area (Å²) in [5, 5.41) is 21.6. The molecule has 1 unspecified atom stereocenters. The number of aromatic carboxylic acids is 1. The van der Waals surface area contributed by atoms with Crippen LogP contribution in [0.2, 0.25) is 0 Å². The van der Waals surface area contributed by atoms with E-state index >= 15 is 0 Å². The number of carboxylic acid groups (broad SMARTS) is 1. The van der Waals surface area contributed by atoms with Crippen molar-refractivity contribution >= 4 is 11.9 Å². The Morgan fingerprint density at radius 2 is 1.91 bits per heavy atom. The maximum Gasteiger partial charge on any atom is 0.354 e. The second kappa shape index (κ2) is 8.00. The molecule has 2 aromatic rings. The molecule has 1 atom stereocenters. The molecule has 3 N–H and O–H groups in total. The molecule has 0 aliphatic rings. The SMILES string of the molecule is O=C(CCc1cccnc1C(=O)O)NCC(O)c1ccncc1. The zero-order valence-corrected chi connectivity index (χ0v) is 12.3. The molecule has 0 bridgehead atoms. The van der Waals surface area contributed by atoms with Crippen LogP contribution in [0.25, 0.3) is 0 Å². The fourth-order valence-electron chi connectivity index (χ4n) is 2.08. The van der Waals surface area contributed by atoms with E-state index in [4.69, 9.17) is 5.11 Å². The molecule has 7 heteroatoms. The van der Waals surface area contributed by atoms with Crippen LogP contribution in [0.5, 0.6) is 0 Å². The predicted octanol–water partition coefficient (Wildman–Crippen LogP) is 0.957. The third kappa shape index (κ3) is 4.86. The molecule has 120 valence electrons. The monoisotopic (exact) mass is 315 g/mol. The van der Waals surface area contributed by atoms with Crippen LogP contribution in [0.15, 0.2) is 42.9 Å². The smallest absolute Gasteiger partial charge is 0.354 e. The normalized spacial score (nSPS) is 11.7. The summed E-state index contributed by atoms with van der Waals surface area (Å²) in [5.74, 6) is -1.38. The third-order valence-electron chi connectivity index (χ3n) is 3.30. The van der Waals surface area contributed by atoms with E-state index in [9.17, 15) is 14.7 Å². The minimum Gasteiger partial charge on any atom is -0.477 e. The molecule has 0 aliphatic carbocycles. The van der Waals surface area contributed by atoms with Crippen LogP contribution < -0.4 is 5.32 Å². The van der Waals surface area contributed by atoms with Crippen molar-refractivity contribution in [2.75, 3.05) is 6.54 Å². The van der Waals surface area contributed by atoms with Gasteiger partial charge in [0.1, 0.15) is 0 Å². The lowest BCUT2D eigenvalue weighted by molar-refractivity contribution is -0.121. The Labute approximate surface area is 133 Å². The number of hydrogen-bond acceptors (Lipinski definition) is 5. The average molecular weight is 315 g/mol. The lowest BCUT2D eigenvalue weighted by Crippen LogP contribution is -2.28. The number of aromatic nitrogens is 2. The number of aliphatic hydroxyl groups excluding tert-OH is 1. The number of rotatable bonds is 7. The van der Waals surface area contributed by atoms with Gasteiger partial charge in [-0.3, -0.25) is 9.78 Å². The second-order valence-electron chi connectivity index (χ2n) is 4.92. The Hall–Kier alpha value is -2.80. The van der Waals surface area contributed by atoms with E-state index in [0.29, 0.717) is 11.1 Å². The van der Waals surface area contributed by atoms with E-state index in [2.05, 4.69) is 15.3 Å². The fraction of sp³-hybridized carbons (Fsp3) is 0.250. The van der Waals surface area contributed by atoms with Crippen LogP contribution in [0.3, 0.4) is 0 Å². The van der Waals surface area contributed by atoms with Gasteiger partial charge in [-0.1, -0.05) is 6.07 Å². The Morgan fingerprint density at radius 1 is 1.17 bits per heavy atom. The first-order valence-electron chi connectivity index (χ1n) is 7.10. The highest BCUT2D eigenvalue weighted by molar-refractivity contribution is 5.87. The number of amides is 1. The Morgan fingerprint density at radius 3 is 2.61 bits per heavy atom. The Bertz CT molecular complexity index is 676. The largest absolute Gasteiger partial charge is 0.477 e. The molecule has 0 aromatic carbocycles. The molecule has 2 rings (SSSR count). The lowest BCUT2D eigenvalue weighted by atomic mass is 10.1. The number of nitrogens with zero attached hydrogens (tertiary/aromatic N) is 2. The summed E-state index contributed by atoms with van der Waals surface area (Å²) in [7, 11) is 0. The van der Waals surface area contributed by atoms with Crippen molar-refractivity contribution in [3.63, 3.8) is 0 Å². The van der Waals surface area contributed by atoms with E-state index in [1.165, 1.54) is 6.20 Å². The molecule has 0 spiro atoms. The molecule has 1 amide bonds. The number of aliphatic hydroxyl groups is 1. The molecule has 23 heavy (non-hydrogen) atoms. The molecular formula is C16H17N3O4. The van der Waals surface area contributed by atoms with Gasteiger partial charge in [0.15, 0.2) is 5.69 Å². The van der Waals surface area contributed by atoms with Gasteiger partial charge in [0.05, 0.1) is 6.10 Å². The van der Waals surface area contributed by atoms with Crippen molar-refractivity contribution in [1.29, 1.82) is 0 Å². The van der Waals surface area contributed by atoms with Gasteiger partial charge in [-0.05, 0) is 35.7 Å². The molecule has 0 saturated heterocycles. The van der Waals surface area contributed by atoms with Gasteiger partial charge in [-0.25, -0.2) is 9.78 Å². The zero-order valence-electron chi connectivity index (χ0n) is 12.3. The molecule has 0 fully saturated rings. The molecule has 2 heterocycles. The van der Waals surface area contributed by atoms with Gasteiger partial charge in [-0.15, -0.1) is 0 Å².